The lowest BCUT2D eigenvalue weighted by Gasteiger charge is -2.20. The number of alkyl halides is 2. The number of carbonyl (C=O) groups is 1. The van der Waals surface area contributed by atoms with Gasteiger partial charge in [-0.3, -0.25) is 14.7 Å². The smallest absolute Gasteiger partial charge is 0.260 e. The summed E-state index contributed by atoms with van der Waals surface area (Å²) in [4.78, 5) is 29.7. The summed E-state index contributed by atoms with van der Waals surface area (Å²) >= 11 is 0. The van der Waals surface area contributed by atoms with E-state index in [1.807, 2.05) is 0 Å². The molecule has 1 saturated heterocycles. The number of nitrogens with zero attached hydrogens (tertiary/aromatic N) is 5. The van der Waals surface area contributed by atoms with Gasteiger partial charge in [-0.05, 0) is 25.1 Å². The predicted octanol–water partition coefficient (Wildman–Crippen LogP) is 3.18. The number of benzene rings is 1. The standard InChI is InChI=1S/C24H23F3N6O2/c1-12-8-19(31-24(30-12)32-9-15(22(26)27)17(28)11-32)33-10-14-13(23(33)34)6-7-29-21(14)20-16(25)4-3-5-18(20)35-2/h3-8,15,17,22H,9-11,28H2,1-2H3/t15-,17-/m0/s1. The topological polar surface area (TPSA) is 97.5 Å². The summed E-state index contributed by atoms with van der Waals surface area (Å²) in [5.41, 5.74) is 7.87. The van der Waals surface area contributed by atoms with E-state index in [1.54, 1.807) is 30.0 Å². The van der Waals surface area contributed by atoms with E-state index in [1.165, 1.54) is 30.3 Å². The summed E-state index contributed by atoms with van der Waals surface area (Å²) in [7, 11) is 1.44. The number of pyridine rings is 1. The number of anilines is 2. The van der Waals surface area contributed by atoms with Gasteiger partial charge in [0, 0.05) is 48.2 Å². The van der Waals surface area contributed by atoms with Gasteiger partial charge in [-0.2, -0.15) is 4.98 Å². The maximum atomic E-state index is 14.8. The number of halogens is 3. The Hall–Kier alpha value is -3.73. The molecule has 1 fully saturated rings. The molecule has 8 nitrogen and oxygen atoms in total. The van der Waals surface area contributed by atoms with E-state index in [0.29, 0.717) is 34.1 Å². The zero-order valence-corrected chi connectivity index (χ0v) is 19.1. The van der Waals surface area contributed by atoms with Crippen molar-refractivity contribution in [2.45, 2.75) is 25.9 Å². The maximum absolute atomic E-state index is 14.8. The first-order valence-electron chi connectivity index (χ1n) is 11.1. The van der Waals surface area contributed by atoms with Crippen LogP contribution < -0.4 is 20.3 Å². The fourth-order valence-electron chi connectivity index (χ4n) is 4.63. The summed E-state index contributed by atoms with van der Waals surface area (Å²) in [6, 6.07) is 6.99. The minimum Gasteiger partial charge on any atom is -0.496 e. The number of carbonyl (C=O) groups excluding carboxylic acids is 1. The largest absolute Gasteiger partial charge is 0.496 e. The number of methoxy groups -OCH3 is 1. The number of fused-ring (bicyclic) bond motifs is 1. The summed E-state index contributed by atoms with van der Waals surface area (Å²) in [5.74, 6) is -0.979. The maximum Gasteiger partial charge on any atom is 0.260 e. The second-order valence-corrected chi connectivity index (χ2v) is 8.63. The van der Waals surface area contributed by atoms with Crippen LogP contribution >= 0.6 is 0 Å². The molecule has 35 heavy (non-hydrogen) atoms. The molecule has 11 heteroatoms. The van der Waals surface area contributed by atoms with Crippen LogP contribution in [0.2, 0.25) is 0 Å². The van der Waals surface area contributed by atoms with Gasteiger partial charge in [-0.1, -0.05) is 6.07 Å². The van der Waals surface area contributed by atoms with E-state index in [-0.39, 0.29) is 37.1 Å². The molecular formula is C24H23F3N6O2. The Bertz CT molecular complexity index is 1300. The molecule has 5 rings (SSSR count). The van der Waals surface area contributed by atoms with Crippen molar-refractivity contribution in [3.05, 3.63) is 59.2 Å². The van der Waals surface area contributed by atoms with Crippen molar-refractivity contribution in [2.75, 3.05) is 30.0 Å². The Labute approximate surface area is 199 Å². The van der Waals surface area contributed by atoms with Crippen molar-refractivity contribution < 1.29 is 22.7 Å². The number of nitrogens with two attached hydrogens (primary N) is 1. The van der Waals surface area contributed by atoms with Crippen molar-refractivity contribution in [3.8, 4) is 17.0 Å². The van der Waals surface area contributed by atoms with Gasteiger partial charge in [0.15, 0.2) is 0 Å². The van der Waals surface area contributed by atoms with Crippen LogP contribution in [0, 0.1) is 18.7 Å². The quantitative estimate of drug-likeness (QED) is 0.594. The lowest BCUT2D eigenvalue weighted by atomic mass is 10.0. The molecule has 0 aliphatic carbocycles. The Morgan fingerprint density at radius 2 is 2.00 bits per heavy atom. The highest BCUT2D eigenvalue weighted by Crippen LogP contribution is 2.38. The lowest BCUT2D eigenvalue weighted by molar-refractivity contribution is 0.0804. The molecule has 1 aromatic carbocycles. The third-order valence-electron chi connectivity index (χ3n) is 6.40. The fraction of sp³-hybridized carbons (Fsp3) is 0.333. The molecule has 0 spiro atoms. The van der Waals surface area contributed by atoms with Crippen LogP contribution in [0.25, 0.3) is 11.3 Å². The van der Waals surface area contributed by atoms with Gasteiger partial charge in [-0.25, -0.2) is 18.2 Å². The highest BCUT2D eigenvalue weighted by molar-refractivity contribution is 6.10. The van der Waals surface area contributed by atoms with Crippen molar-refractivity contribution in [2.24, 2.45) is 11.7 Å². The Balaban J connectivity index is 1.51. The number of rotatable bonds is 5. The molecule has 2 aliphatic heterocycles. The van der Waals surface area contributed by atoms with Crippen LogP contribution in [0.5, 0.6) is 5.75 Å². The van der Waals surface area contributed by atoms with E-state index >= 15 is 0 Å². The predicted molar refractivity (Wildman–Crippen MR) is 123 cm³/mol. The number of hydrogen-bond acceptors (Lipinski definition) is 7. The average molecular weight is 484 g/mol. The number of ether oxygens (including phenoxy) is 1. The minimum absolute atomic E-state index is 0.0248. The Kier molecular flexibility index (Phi) is 5.79. The highest BCUT2D eigenvalue weighted by atomic mass is 19.3. The monoisotopic (exact) mass is 484 g/mol. The van der Waals surface area contributed by atoms with Crippen LogP contribution in [0.3, 0.4) is 0 Å². The van der Waals surface area contributed by atoms with Crippen LogP contribution in [0.1, 0.15) is 21.6 Å². The minimum atomic E-state index is -2.55. The fourth-order valence-corrected chi connectivity index (χ4v) is 4.63. The number of hydrogen-bond donors (Lipinski definition) is 1. The molecule has 0 saturated carbocycles. The lowest BCUT2D eigenvalue weighted by Crippen LogP contribution is -2.33. The molecule has 0 bridgehead atoms. The zero-order chi connectivity index (χ0) is 24.9. The van der Waals surface area contributed by atoms with Crippen LogP contribution in [0.4, 0.5) is 24.9 Å². The SMILES string of the molecule is COc1cccc(F)c1-c1nccc2c1CN(c1cc(C)nc(N3C[C@H](C(F)F)[C@@H](N)C3)n1)C2=O. The van der Waals surface area contributed by atoms with Gasteiger partial charge < -0.3 is 15.4 Å². The van der Waals surface area contributed by atoms with Crippen molar-refractivity contribution in [1.29, 1.82) is 0 Å². The van der Waals surface area contributed by atoms with Gasteiger partial charge in [0.25, 0.3) is 5.91 Å². The summed E-state index contributed by atoms with van der Waals surface area (Å²) in [5, 5.41) is 0. The molecular weight excluding hydrogens is 461 g/mol. The van der Waals surface area contributed by atoms with Crippen LogP contribution in [-0.2, 0) is 6.54 Å². The third kappa shape index (κ3) is 3.95. The third-order valence-corrected chi connectivity index (χ3v) is 6.40. The Morgan fingerprint density at radius 3 is 2.71 bits per heavy atom. The van der Waals surface area contributed by atoms with Crippen molar-refractivity contribution >= 4 is 17.7 Å². The van der Waals surface area contributed by atoms with E-state index in [9.17, 15) is 18.0 Å². The molecule has 2 atom stereocenters. The second kappa shape index (κ2) is 8.81. The van der Waals surface area contributed by atoms with E-state index in [4.69, 9.17) is 10.5 Å². The van der Waals surface area contributed by atoms with Crippen LogP contribution in [0.15, 0.2) is 36.5 Å². The first-order valence-corrected chi connectivity index (χ1v) is 11.1. The summed E-state index contributed by atoms with van der Waals surface area (Å²) < 4.78 is 46.7. The Morgan fingerprint density at radius 1 is 1.20 bits per heavy atom. The second-order valence-electron chi connectivity index (χ2n) is 8.63. The number of amides is 1. The van der Waals surface area contributed by atoms with E-state index < -0.39 is 24.2 Å². The molecule has 0 radical (unpaired) electrons. The zero-order valence-electron chi connectivity index (χ0n) is 19.1. The first kappa shape index (κ1) is 23.0. The molecule has 4 heterocycles. The molecule has 3 aromatic rings. The van der Waals surface area contributed by atoms with Crippen molar-refractivity contribution in [3.63, 3.8) is 0 Å². The first-order chi connectivity index (χ1) is 16.8. The number of aryl methyl sites for hydroxylation is 1. The van der Waals surface area contributed by atoms with Gasteiger partial charge >= 0.3 is 0 Å². The molecule has 2 aromatic heterocycles. The molecule has 182 valence electrons. The van der Waals surface area contributed by atoms with Gasteiger partial charge in [0.1, 0.15) is 17.4 Å². The summed E-state index contributed by atoms with van der Waals surface area (Å²) in [6.45, 7) is 2.05. The van der Waals surface area contributed by atoms with E-state index in [0.717, 1.165) is 0 Å². The summed E-state index contributed by atoms with van der Waals surface area (Å²) in [6.07, 6.45) is -1.09. The molecule has 2 N–H and O–H groups in total. The van der Waals surface area contributed by atoms with Crippen LogP contribution in [-0.4, -0.2) is 53.5 Å². The van der Waals surface area contributed by atoms with Gasteiger partial charge in [-0.15, -0.1) is 0 Å². The molecule has 1 amide bonds. The average Bonchev–Trinajstić information content (AvgIpc) is 3.39. The molecule has 0 unspecified atom stereocenters. The molecule has 2 aliphatic rings. The highest BCUT2D eigenvalue weighted by Gasteiger charge is 2.38. The van der Waals surface area contributed by atoms with Gasteiger partial charge in [0.05, 0.1) is 30.8 Å². The normalized spacial score (nSPS) is 19.6. The van der Waals surface area contributed by atoms with Crippen molar-refractivity contribution in [1.82, 2.24) is 15.0 Å². The van der Waals surface area contributed by atoms with Gasteiger partial charge in [0.2, 0.25) is 12.4 Å². The van der Waals surface area contributed by atoms with E-state index in [2.05, 4.69) is 15.0 Å². The number of aromatic nitrogens is 3.